The summed E-state index contributed by atoms with van der Waals surface area (Å²) in [6, 6.07) is 4.57. The van der Waals surface area contributed by atoms with Crippen LogP contribution in [0.15, 0.2) is 47.4 Å². The Kier molecular flexibility index (Phi) is 11.2. The van der Waals surface area contributed by atoms with E-state index in [1.54, 1.807) is 0 Å². The number of aliphatic hydroxyl groups excluding tert-OH is 1. The Bertz CT molecular complexity index is 1650. The quantitative estimate of drug-likeness (QED) is 0.288. The maximum Gasteiger partial charge on any atom is 0.435 e. The Morgan fingerprint density at radius 2 is 1.64 bits per heavy atom. The summed E-state index contributed by atoms with van der Waals surface area (Å²) in [5.41, 5.74) is -7.99. The number of carbonyl (C=O) groups excluding carboxylic acids is 1. The van der Waals surface area contributed by atoms with Gasteiger partial charge in [0.25, 0.3) is 0 Å². The summed E-state index contributed by atoms with van der Waals surface area (Å²) in [4.78, 5) is 15.3. The minimum absolute atomic E-state index is 0.0770. The molecule has 5 nitrogen and oxygen atoms in total. The summed E-state index contributed by atoms with van der Waals surface area (Å²) in [5.74, 6) is -1.81. The molecule has 0 radical (unpaired) electrons. The van der Waals surface area contributed by atoms with Gasteiger partial charge in [-0.2, -0.15) is 26.3 Å². The number of fused-ring (bicyclic) bond motifs is 3. The van der Waals surface area contributed by atoms with Gasteiger partial charge in [0.15, 0.2) is 9.84 Å². The molecule has 1 saturated heterocycles. The number of hydrogen-bond acceptors (Lipinski definition) is 4. The van der Waals surface area contributed by atoms with Crippen molar-refractivity contribution in [3.05, 3.63) is 65.0 Å². The molecule has 6 atom stereocenters. The van der Waals surface area contributed by atoms with E-state index in [1.807, 2.05) is 27.7 Å². The van der Waals surface area contributed by atoms with Gasteiger partial charge >= 0.3 is 18.0 Å². The minimum atomic E-state index is -6.36. The van der Waals surface area contributed by atoms with Gasteiger partial charge in [-0.3, -0.25) is 4.79 Å². The Hall–Kier alpha value is -2.74. The highest BCUT2D eigenvalue weighted by Crippen LogP contribution is 2.57. The number of sulfone groups is 1. The molecule has 0 bridgehead atoms. The van der Waals surface area contributed by atoms with Crippen LogP contribution in [0.3, 0.4) is 0 Å². The summed E-state index contributed by atoms with van der Waals surface area (Å²) in [7, 11) is -4.65. The molecule has 50 heavy (non-hydrogen) atoms. The van der Waals surface area contributed by atoms with E-state index in [1.165, 1.54) is 11.0 Å². The van der Waals surface area contributed by atoms with E-state index in [0.29, 0.717) is 44.2 Å². The number of halogens is 8. The van der Waals surface area contributed by atoms with Crippen molar-refractivity contribution in [1.29, 1.82) is 0 Å². The molecule has 14 heteroatoms. The van der Waals surface area contributed by atoms with Gasteiger partial charge in [0.2, 0.25) is 5.91 Å². The molecular formula is C36H45F8NO4S. The summed E-state index contributed by atoms with van der Waals surface area (Å²) >= 11 is 0. The molecule has 1 amide bonds. The van der Waals surface area contributed by atoms with E-state index >= 15 is 4.39 Å². The van der Waals surface area contributed by atoms with Crippen LogP contribution in [0.4, 0.5) is 35.1 Å². The van der Waals surface area contributed by atoms with Crippen molar-refractivity contribution in [1.82, 2.24) is 4.90 Å². The summed E-state index contributed by atoms with van der Waals surface area (Å²) in [6.07, 6.45) is -10.9. The van der Waals surface area contributed by atoms with Crippen LogP contribution in [0.25, 0.3) is 0 Å². The molecule has 5 rings (SSSR count). The van der Waals surface area contributed by atoms with E-state index < -0.39 is 66.9 Å². The van der Waals surface area contributed by atoms with E-state index in [4.69, 9.17) is 0 Å². The van der Waals surface area contributed by atoms with Crippen LogP contribution in [0.1, 0.15) is 96.3 Å². The molecule has 2 aromatic carbocycles. The standard InChI is InChI=1S/C34H39F8NO4S.C2H6/c1-4-24(44)19-30(3)13-12-26(20(2)18-30)29(45)43-15-14-31(48(46,47)25-7-5-6-23(35)17-25)27-10-9-22(16-21(27)8-11-28(31)43)32(36,33(37,38)39)34(40,41)42;1-2/h5-7,9-10,16-17,20,24,26,28,44H,4,8,11-15,18-19H2,1-3H3;1-2H3. The van der Waals surface area contributed by atoms with Crippen LogP contribution >= 0.6 is 0 Å². The predicted octanol–water partition coefficient (Wildman–Crippen LogP) is 8.96. The van der Waals surface area contributed by atoms with Gasteiger partial charge in [0.05, 0.1) is 17.0 Å². The fourth-order valence-electron chi connectivity index (χ4n) is 8.63. The molecule has 1 N–H and O–H groups in total. The first-order valence-corrected chi connectivity index (χ1v) is 18.6. The number of nitrogens with zero attached hydrogens (tertiary/aromatic N) is 1. The van der Waals surface area contributed by atoms with Crippen molar-refractivity contribution in [2.24, 2.45) is 17.3 Å². The van der Waals surface area contributed by atoms with Crippen LogP contribution in [0.2, 0.25) is 0 Å². The molecule has 1 saturated carbocycles. The first-order chi connectivity index (χ1) is 23.1. The third kappa shape index (κ3) is 6.56. The van der Waals surface area contributed by atoms with Crippen molar-refractivity contribution >= 4 is 15.7 Å². The molecule has 0 spiro atoms. The molecule has 2 aromatic rings. The lowest BCUT2D eigenvalue weighted by Crippen LogP contribution is -2.54. The molecule has 1 heterocycles. The lowest BCUT2D eigenvalue weighted by Gasteiger charge is -2.46. The highest BCUT2D eigenvalue weighted by molar-refractivity contribution is 7.92. The minimum Gasteiger partial charge on any atom is -0.393 e. The summed E-state index contributed by atoms with van der Waals surface area (Å²) in [6.45, 7) is 9.79. The Morgan fingerprint density at radius 3 is 2.20 bits per heavy atom. The highest BCUT2D eigenvalue weighted by Gasteiger charge is 2.74. The van der Waals surface area contributed by atoms with E-state index in [0.717, 1.165) is 24.3 Å². The van der Waals surface area contributed by atoms with E-state index in [2.05, 4.69) is 6.92 Å². The second-order valence-electron chi connectivity index (χ2n) is 14.1. The third-order valence-corrected chi connectivity index (χ3v) is 13.5. The molecule has 3 aliphatic rings. The Morgan fingerprint density at radius 1 is 1.00 bits per heavy atom. The zero-order valence-corrected chi connectivity index (χ0v) is 29.6. The third-order valence-electron chi connectivity index (χ3n) is 11.0. The topological polar surface area (TPSA) is 74.7 Å². The van der Waals surface area contributed by atoms with Crippen LogP contribution in [0.5, 0.6) is 0 Å². The van der Waals surface area contributed by atoms with E-state index in [-0.39, 0.29) is 54.2 Å². The van der Waals surface area contributed by atoms with Crippen molar-refractivity contribution in [3.8, 4) is 0 Å². The molecule has 280 valence electrons. The summed E-state index contributed by atoms with van der Waals surface area (Å²) < 4.78 is 138. The molecule has 0 aromatic heterocycles. The van der Waals surface area contributed by atoms with Gasteiger partial charge in [-0.05, 0) is 92.0 Å². The first kappa shape index (κ1) is 40.0. The number of benzene rings is 2. The monoisotopic (exact) mass is 739 g/mol. The molecule has 1 aliphatic heterocycles. The van der Waals surface area contributed by atoms with Crippen molar-refractivity contribution in [2.45, 2.75) is 126 Å². The van der Waals surface area contributed by atoms with Crippen molar-refractivity contribution < 1.29 is 53.4 Å². The highest BCUT2D eigenvalue weighted by atomic mass is 32.2. The maximum atomic E-state index is 15.1. The number of amides is 1. The van der Waals surface area contributed by atoms with Crippen molar-refractivity contribution in [3.63, 3.8) is 0 Å². The summed E-state index contributed by atoms with van der Waals surface area (Å²) in [5, 5.41) is 10.3. The van der Waals surface area contributed by atoms with Gasteiger partial charge in [-0.25, -0.2) is 17.2 Å². The molecule has 6 unspecified atom stereocenters. The van der Waals surface area contributed by atoms with Crippen LogP contribution in [0, 0.1) is 23.1 Å². The SMILES string of the molecule is CC.CCC(O)CC1(C)CCC(C(=O)N2CCC3(S(=O)(=O)c4cccc(F)c4)c4ccc(C(F)(C(F)(F)F)C(F)(F)F)cc4CCC23)C(C)C1. The second kappa shape index (κ2) is 14.0. The number of hydrogen-bond donors (Lipinski definition) is 1. The number of rotatable bonds is 7. The van der Waals surface area contributed by atoms with Crippen LogP contribution in [-0.4, -0.2) is 55.4 Å². The van der Waals surface area contributed by atoms with Gasteiger partial charge < -0.3 is 10.0 Å². The van der Waals surface area contributed by atoms with Gasteiger partial charge in [0.1, 0.15) is 10.6 Å². The number of likely N-dealkylation sites (tertiary alicyclic amines) is 1. The predicted molar refractivity (Wildman–Crippen MR) is 172 cm³/mol. The fourth-order valence-corrected chi connectivity index (χ4v) is 11.0. The van der Waals surface area contributed by atoms with Gasteiger partial charge in [-0.1, -0.05) is 58.9 Å². The van der Waals surface area contributed by atoms with Crippen molar-refractivity contribution in [2.75, 3.05) is 6.54 Å². The average Bonchev–Trinajstić information content (AvgIpc) is 3.45. The maximum absolute atomic E-state index is 15.1. The first-order valence-electron chi connectivity index (χ1n) is 17.1. The Balaban J connectivity index is 0.00000276. The number of aryl methyl sites for hydroxylation is 1. The second-order valence-corrected chi connectivity index (χ2v) is 16.3. The van der Waals surface area contributed by atoms with Crippen LogP contribution in [-0.2, 0) is 31.5 Å². The zero-order chi connectivity index (χ0) is 37.7. The number of carbonyl (C=O) groups is 1. The largest absolute Gasteiger partial charge is 0.435 e. The number of aliphatic hydroxyl groups is 1. The average molecular weight is 740 g/mol. The fraction of sp³-hybridized carbons (Fsp3) is 0.639. The van der Waals surface area contributed by atoms with E-state index in [9.17, 15) is 49.1 Å². The molecule has 2 aliphatic carbocycles. The Labute approximate surface area is 288 Å². The van der Waals surface area contributed by atoms with Gasteiger partial charge in [-0.15, -0.1) is 0 Å². The smallest absolute Gasteiger partial charge is 0.393 e. The van der Waals surface area contributed by atoms with Gasteiger partial charge in [0, 0.05) is 18.0 Å². The zero-order valence-electron chi connectivity index (χ0n) is 28.8. The number of alkyl halides is 7. The lowest BCUT2D eigenvalue weighted by atomic mass is 9.64. The normalized spacial score (nSPS) is 27.9. The molecule has 2 fully saturated rings. The van der Waals surface area contributed by atoms with Crippen LogP contribution < -0.4 is 0 Å². The molecular weight excluding hydrogens is 694 g/mol. The lowest BCUT2D eigenvalue weighted by molar-refractivity contribution is -0.348.